The van der Waals surface area contributed by atoms with E-state index in [1.54, 1.807) is 6.07 Å². The van der Waals surface area contributed by atoms with Crippen LogP contribution in [0.1, 0.15) is 5.56 Å². The van der Waals surface area contributed by atoms with Crippen molar-refractivity contribution >= 4 is 17.4 Å². The third-order valence-corrected chi connectivity index (χ3v) is 2.48. The molecule has 0 amide bonds. The number of anilines is 1. The van der Waals surface area contributed by atoms with E-state index in [1.807, 2.05) is 18.2 Å². The van der Waals surface area contributed by atoms with Crippen LogP contribution < -0.4 is 10.9 Å². The normalized spacial score (nSPS) is 10.1. The fourth-order valence-corrected chi connectivity index (χ4v) is 1.50. The number of benzene rings is 1. The van der Waals surface area contributed by atoms with Gasteiger partial charge in [-0.2, -0.15) is 0 Å². The number of rotatable bonds is 3. The average molecular weight is 236 g/mol. The van der Waals surface area contributed by atoms with Crippen molar-refractivity contribution in [3.8, 4) is 0 Å². The summed E-state index contributed by atoms with van der Waals surface area (Å²) < 4.78 is 0. The lowest BCUT2D eigenvalue weighted by atomic mass is 10.2. The highest BCUT2D eigenvalue weighted by Crippen LogP contribution is 2.15. The third-order valence-electron chi connectivity index (χ3n) is 2.11. The van der Waals surface area contributed by atoms with E-state index in [-0.39, 0.29) is 5.56 Å². The van der Waals surface area contributed by atoms with E-state index < -0.39 is 0 Å². The fraction of sp³-hybridized carbons (Fsp3) is 0.0909. The Hall–Kier alpha value is -1.81. The van der Waals surface area contributed by atoms with Crippen LogP contribution in [0.15, 0.2) is 41.5 Å². The Morgan fingerprint density at radius 2 is 2.19 bits per heavy atom. The molecule has 0 spiro atoms. The quantitative estimate of drug-likeness (QED) is 0.856. The van der Waals surface area contributed by atoms with Gasteiger partial charge < -0.3 is 10.3 Å². The summed E-state index contributed by atoms with van der Waals surface area (Å²) in [7, 11) is 0. The SMILES string of the molecule is O=c1[nH]ccnc1NCc1ccccc1Cl. The molecule has 5 heteroatoms. The van der Waals surface area contributed by atoms with Crippen LogP contribution in [0.4, 0.5) is 5.82 Å². The van der Waals surface area contributed by atoms with Crippen molar-refractivity contribution in [1.29, 1.82) is 0 Å². The van der Waals surface area contributed by atoms with E-state index in [0.29, 0.717) is 17.4 Å². The first-order valence-electron chi connectivity index (χ1n) is 4.78. The standard InChI is InChI=1S/C11H10ClN3O/c12-9-4-2-1-3-8(9)7-15-10-11(16)14-6-5-13-10/h1-6H,7H2,(H,13,15)(H,14,16). The summed E-state index contributed by atoms with van der Waals surface area (Å²) in [4.78, 5) is 17.8. The van der Waals surface area contributed by atoms with E-state index in [4.69, 9.17) is 11.6 Å². The van der Waals surface area contributed by atoms with Crippen LogP contribution in [0.25, 0.3) is 0 Å². The molecular formula is C11H10ClN3O. The molecule has 82 valence electrons. The Morgan fingerprint density at radius 3 is 2.94 bits per heavy atom. The van der Waals surface area contributed by atoms with Gasteiger partial charge in [0.1, 0.15) is 0 Å². The molecule has 0 aliphatic carbocycles. The number of hydrogen-bond acceptors (Lipinski definition) is 3. The lowest BCUT2D eigenvalue weighted by molar-refractivity contribution is 1.06. The van der Waals surface area contributed by atoms with E-state index in [2.05, 4.69) is 15.3 Å². The highest BCUT2D eigenvalue weighted by Gasteiger charge is 2.01. The van der Waals surface area contributed by atoms with Gasteiger partial charge in [0, 0.05) is 24.0 Å². The van der Waals surface area contributed by atoms with Crippen LogP contribution in [0.3, 0.4) is 0 Å². The highest BCUT2D eigenvalue weighted by molar-refractivity contribution is 6.31. The molecule has 2 rings (SSSR count). The first kappa shape index (κ1) is 10.7. The monoisotopic (exact) mass is 235 g/mol. The van der Waals surface area contributed by atoms with Crippen molar-refractivity contribution < 1.29 is 0 Å². The summed E-state index contributed by atoms with van der Waals surface area (Å²) in [5, 5.41) is 3.60. The summed E-state index contributed by atoms with van der Waals surface area (Å²) in [6.07, 6.45) is 3.01. The van der Waals surface area contributed by atoms with Gasteiger partial charge in [0.2, 0.25) is 0 Å². The van der Waals surface area contributed by atoms with Crippen LogP contribution in [-0.4, -0.2) is 9.97 Å². The minimum absolute atomic E-state index is 0.241. The van der Waals surface area contributed by atoms with Crippen molar-refractivity contribution in [3.05, 3.63) is 57.6 Å². The molecular weight excluding hydrogens is 226 g/mol. The van der Waals surface area contributed by atoms with Crippen LogP contribution in [0.2, 0.25) is 5.02 Å². The summed E-state index contributed by atoms with van der Waals surface area (Å²) in [6.45, 7) is 0.472. The number of nitrogens with zero attached hydrogens (tertiary/aromatic N) is 1. The molecule has 0 saturated carbocycles. The second-order valence-corrected chi connectivity index (χ2v) is 3.62. The molecule has 16 heavy (non-hydrogen) atoms. The maximum Gasteiger partial charge on any atom is 0.290 e. The van der Waals surface area contributed by atoms with Gasteiger partial charge in [0.15, 0.2) is 5.82 Å². The molecule has 4 nitrogen and oxygen atoms in total. The zero-order chi connectivity index (χ0) is 11.4. The number of nitrogens with one attached hydrogen (secondary N) is 2. The molecule has 1 aromatic heterocycles. The molecule has 0 atom stereocenters. The number of hydrogen-bond donors (Lipinski definition) is 2. The first-order valence-corrected chi connectivity index (χ1v) is 5.16. The molecule has 1 aromatic carbocycles. The molecule has 2 N–H and O–H groups in total. The lowest BCUT2D eigenvalue weighted by Gasteiger charge is -2.05. The third kappa shape index (κ3) is 2.41. The van der Waals surface area contributed by atoms with Crippen molar-refractivity contribution in [2.45, 2.75) is 6.54 Å². The summed E-state index contributed by atoms with van der Waals surface area (Å²) >= 11 is 5.98. The number of aromatic nitrogens is 2. The van der Waals surface area contributed by atoms with Gasteiger partial charge in [-0.25, -0.2) is 4.98 Å². The van der Waals surface area contributed by atoms with E-state index in [1.165, 1.54) is 12.4 Å². The van der Waals surface area contributed by atoms with Crippen LogP contribution in [0.5, 0.6) is 0 Å². The maximum absolute atomic E-state index is 11.3. The lowest BCUT2D eigenvalue weighted by Crippen LogP contribution is -2.15. The maximum atomic E-state index is 11.3. The number of H-pyrrole nitrogens is 1. The van der Waals surface area contributed by atoms with Gasteiger partial charge >= 0.3 is 0 Å². The van der Waals surface area contributed by atoms with Gasteiger partial charge in [0.25, 0.3) is 5.56 Å². The Balaban J connectivity index is 2.12. The Kier molecular flexibility index (Phi) is 3.22. The molecule has 0 aliphatic heterocycles. The van der Waals surface area contributed by atoms with Crippen LogP contribution in [-0.2, 0) is 6.54 Å². The highest BCUT2D eigenvalue weighted by atomic mass is 35.5. The molecule has 0 bridgehead atoms. The zero-order valence-electron chi connectivity index (χ0n) is 8.40. The van der Waals surface area contributed by atoms with Gasteiger partial charge in [-0.05, 0) is 11.6 Å². The average Bonchev–Trinajstić information content (AvgIpc) is 2.30. The van der Waals surface area contributed by atoms with Gasteiger partial charge in [-0.15, -0.1) is 0 Å². The molecule has 0 aliphatic rings. The van der Waals surface area contributed by atoms with Crippen LogP contribution >= 0.6 is 11.6 Å². The van der Waals surface area contributed by atoms with Crippen LogP contribution in [0, 0.1) is 0 Å². The van der Waals surface area contributed by atoms with Crippen molar-refractivity contribution in [3.63, 3.8) is 0 Å². The molecule has 0 saturated heterocycles. The largest absolute Gasteiger partial charge is 0.361 e. The van der Waals surface area contributed by atoms with Gasteiger partial charge in [-0.1, -0.05) is 29.8 Å². The predicted octanol–water partition coefficient (Wildman–Crippen LogP) is 2.04. The minimum Gasteiger partial charge on any atom is -0.361 e. The molecule has 0 unspecified atom stereocenters. The van der Waals surface area contributed by atoms with Crippen molar-refractivity contribution in [2.24, 2.45) is 0 Å². The van der Waals surface area contributed by atoms with Crippen molar-refractivity contribution in [1.82, 2.24) is 9.97 Å². The molecule has 0 radical (unpaired) electrons. The Morgan fingerprint density at radius 1 is 1.38 bits per heavy atom. The van der Waals surface area contributed by atoms with Gasteiger partial charge in [0.05, 0.1) is 0 Å². The second kappa shape index (κ2) is 4.81. The topological polar surface area (TPSA) is 57.8 Å². The fourth-order valence-electron chi connectivity index (χ4n) is 1.30. The first-order chi connectivity index (χ1) is 7.77. The smallest absolute Gasteiger partial charge is 0.290 e. The summed E-state index contributed by atoms with van der Waals surface area (Å²) in [5.74, 6) is 0.294. The predicted molar refractivity (Wildman–Crippen MR) is 63.6 cm³/mol. The molecule has 1 heterocycles. The summed E-state index contributed by atoms with van der Waals surface area (Å²) in [5.41, 5.74) is 0.684. The van der Waals surface area contributed by atoms with E-state index in [0.717, 1.165) is 5.56 Å². The summed E-state index contributed by atoms with van der Waals surface area (Å²) in [6, 6.07) is 7.46. The molecule has 2 aromatic rings. The van der Waals surface area contributed by atoms with Crippen molar-refractivity contribution in [2.75, 3.05) is 5.32 Å². The Bertz CT molecular complexity index is 539. The minimum atomic E-state index is -0.241. The number of aromatic amines is 1. The zero-order valence-corrected chi connectivity index (χ0v) is 9.16. The van der Waals surface area contributed by atoms with E-state index >= 15 is 0 Å². The van der Waals surface area contributed by atoms with E-state index in [9.17, 15) is 4.79 Å². The second-order valence-electron chi connectivity index (χ2n) is 3.21. The molecule has 0 fully saturated rings. The Labute approximate surface area is 97.3 Å². The van der Waals surface area contributed by atoms with Gasteiger partial charge in [-0.3, -0.25) is 4.79 Å². The number of halogens is 1.